The van der Waals surface area contributed by atoms with Gasteiger partial charge < -0.3 is 9.47 Å². The number of hydrogen-bond acceptors (Lipinski definition) is 5. The summed E-state index contributed by atoms with van der Waals surface area (Å²) < 4.78 is 37.3. The number of ether oxygens (including phenoxy) is 2. The summed E-state index contributed by atoms with van der Waals surface area (Å²) in [6.07, 6.45) is 0. The van der Waals surface area contributed by atoms with E-state index in [0.717, 1.165) is 0 Å². The Balaban J connectivity index is 1.94. The van der Waals surface area contributed by atoms with E-state index >= 15 is 0 Å². The standard InChI is InChI=1S/C16H16N2O4S/c1-21-15-7-2-3-8-16(15)22-10-9-18-23(19,20)14-6-4-5-13(11-14)12-17/h2-8,11,18H,9-10H2,1H3. The highest BCUT2D eigenvalue weighted by atomic mass is 32.2. The minimum Gasteiger partial charge on any atom is -0.493 e. The van der Waals surface area contributed by atoms with Crippen molar-refractivity contribution in [2.24, 2.45) is 0 Å². The van der Waals surface area contributed by atoms with E-state index in [1.165, 1.54) is 25.3 Å². The minimum atomic E-state index is -3.68. The van der Waals surface area contributed by atoms with Crippen LogP contribution in [0.2, 0.25) is 0 Å². The van der Waals surface area contributed by atoms with Gasteiger partial charge in [0.1, 0.15) is 6.61 Å². The predicted molar refractivity (Wildman–Crippen MR) is 84.8 cm³/mol. The van der Waals surface area contributed by atoms with Crippen LogP contribution in [0.4, 0.5) is 0 Å². The van der Waals surface area contributed by atoms with Gasteiger partial charge in [-0.05, 0) is 30.3 Å². The molecule has 0 aromatic heterocycles. The first-order chi connectivity index (χ1) is 11.1. The zero-order valence-corrected chi connectivity index (χ0v) is 13.3. The molecule has 0 fully saturated rings. The Morgan fingerprint density at radius 1 is 1.13 bits per heavy atom. The van der Waals surface area contributed by atoms with Crippen molar-refractivity contribution in [1.82, 2.24) is 4.72 Å². The Morgan fingerprint density at radius 3 is 2.57 bits per heavy atom. The van der Waals surface area contributed by atoms with Gasteiger partial charge >= 0.3 is 0 Å². The van der Waals surface area contributed by atoms with E-state index in [1.807, 2.05) is 12.1 Å². The van der Waals surface area contributed by atoms with E-state index in [4.69, 9.17) is 14.7 Å². The molecule has 2 aromatic carbocycles. The highest BCUT2D eigenvalue weighted by Crippen LogP contribution is 2.25. The molecule has 7 heteroatoms. The number of methoxy groups -OCH3 is 1. The van der Waals surface area contributed by atoms with Crippen LogP contribution in [0.25, 0.3) is 0 Å². The molecule has 0 radical (unpaired) electrons. The summed E-state index contributed by atoms with van der Waals surface area (Å²) in [5, 5.41) is 8.82. The summed E-state index contributed by atoms with van der Waals surface area (Å²) in [6.45, 7) is 0.245. The molecule has 0 saturated heterocycles. The summed E-state index contributed by atoms with van der Waals surface area (Å²) >= 11 is 0. The van der Waals surface area contributed by atoms with E-state index in [-0.39, 0.29) is 23.6 Å². The van der Waals surface area contributed by atoms with Gasteiger partial charge in [0, 0.05) is 6.54 Å². The Labute approximate surface area is 135 Å². The molecule has 120 valence electrons. The van der Waals surface area contributed by atoms with Gasteiger partial charge in [-0.1, -0.05) is 18.2 Å². The average molecular weight is 332 g/mol. The fourth-order valence-corrected chi connectivity index (χ4v) is 2.95. The topological polar surface area (TPSA) is 88.4 Å². The van der Waals surface area contributed by atoms with Crippen LogP contribution in [0.3, 0.4) is 0 Å². The quantitative estimate of drug-likeness (QED) is 0.783. The van der Waals surface area contributed by atoms with E-state index in [9.17, 15) is 8.42 Å². The summed E-state index contributed by atoms with van der Waals surface area (Å²) in [7, 11) is -2.14. The maximum atomic E-state index is 12.1. The van der Waals surface area contributed by atoms with Gasteiger partial charge in [-0.2, -0.15) is 5.26 Å². The number of benzene rings is 2. The zero-order valence-electron chi connectivity index (χ0n) is 12.5. The lowest BCUT2D eigenvalue weighted by atomic mass is 10.2. The van der Waals surface area contributed by atoms with Crippen molar-refractivity contribution < 1.29 is 17.9 Å². The molecule has 23 heavy (non-hydrogen) atoms. The third kappa shape index (κ3) is 4.45. The molecular weight excluding hydrogens is 316 g/mol. The molecule has 2 rings (SSSR count). The van der Waals surface area contributed by atoms with Gasteiger partial charge in [0.2, 0.25) is 10.0 Å². The summed E-state index contributed by atoms with van der Waals surface area (Å²) in [6, 6.07) is 14.9. The van der Waals surface area contributed by atoms with Crippen LogP contribution in [-0.4, -0.2) is 28.7 Å². The van der Waals surface area contributed by atoms with Crippen LogP contribution in [0.15, 0.2) is 53.4 Å². The number of nitriles is 1. The monoisotopic (exact) mass is 332 g/mol. The molecule has 0 aliphatic heterocycles. The van der Waals surface area contributed by atoms with Crippen molar-refractivity contribution in [3.8, 4) is 17.6 Å². The first-order valence-electron chi connectivity index (χ1n) is 6.82. The SMILES string of the molecule is COc1ccccc1OCCNS(=O)(=O)c1cccc(C#N)c1. The summed E-state index contributed by atoms with van der Waals surface area (Å²) in [5.41, 5.74) is 0.290. The van der Waals surface area contributed by atoms with Crippen LogP contribution in [0.1, 0.15) is 5.56 Å². The van der Waals surface area contributed by atoms with Gasteiger partial charge in [0.05, 0.1) is 23.6 Å². The number of para-hydroxylation sites is 2. The molecule has 0 aliphatic carbocycles. The van der Waals surface area contributed by atoms with Crippen molar-refractivity contribution in [3.05, 3.63) is 54.1 Å². The molecule has 0 unspecified atom stereocenters. The lowest BCUT2D eigenvalue weighted by Gasteiger charge is -2.11. The fourth-order valence-electron chi connectivity index (χ4n) is 1.89. The Bertz CT molecular complexity index is 813. The third-order valence-corrected chi connectivity index (χ3v) is 4.45. The summed E-state index contributed by atoms with van der Waals surface area (Å²) in [4.78, 5) is 0.0499. The maximum absolute atomic E-state index is 12.1. The normalized spacial score (nSPS) is 10.8. The third-order valence-electron chi connectivity index (χ3n) is 2.99. The van der Waals surface area contributed by atoms with Gasteiger partial charge in [0.15, 0.2) is 11.5 Å². The molecule has 6 nitrogen and oxygen atoms in total. The van der Waals surface area contributed by atoms with E-state index < -0.39 is 10.0 Å². The molecule has 0 bridgehead atoms. The molecule has 2 aromatic rings. The van der Waals surface area contributed by atoms with Crippen LogP contribution >= 0.6 is 0 Å². The number of rotatable bonds is 7. The van der Waals surface area contributed by atoms with Crippen molar-refractivity contribution in [2.75, 3.05) is 20.3 Å². The average Bonchev–Trinajstić information content (AvgIpc) is 2.59. The zero-order chi connectivity index (χ0) is 16.7. The van der Waals surface area contributed by atoms with E-state index in [0.29, 0.717) is 11.5 Å². The lowest BCUT2D eigenvalue weighted by molar-refractivity contribution is 0.299. The Kier molecular flexibility index (Phi) is 5.57. The number of sulfonamides is 1. The van der Waals surface area contributed by atoms with Crippen LogP contribution in [0, 0.1) is 11.3 Å². The maximum Gasteiger partial charge on any atom is 0.240 e. The molecule has 0 spiro atoms. The number of nitrogens with zero attached hydrogens (tertiary/aromatic N) is 1. The van der Waals surface area contributed by atoms with Crippen LogP contribution in [0.5, 0.6) is 11.5 Å². The van der Waals surface area contributed by atoms with Crippen molar-refractivity contribution >= 4 is 10.0 Å². The van der Waals surface area contributed by atoms with Crippen molar-refractivity contribution in [2.45, 2.75) is 4.90 Å². The highest BCUT2D eigenvalue weighted by Gasteiger charge is 2.14. The fraction of sp³-hybridized carbons (Fsp3) is 0.188. The Morgan fingerprint density at radius 2 is 1.87 bits per heavy atom. The lowest BCUT2D eigenvalue weighted by Crippen LogP contribution is -2.28. The van der Waals surface area contributed by atoms with Gasteiger partial charge in [0.25, 0.3) is 0 Å². The predicted octanol–water partition coefficient (Wildman–Crippen LogP) is 1.92. The first-order valence-corrected chi connectivity index (χ1v) is 8.31. The molecular formula is C16H16N2O4S. The largest absolute Gasteiger partial charge is 0.493 e. The number of nitrogens with one attached hydrogen (secondary N) is 1. The summed E-state index contributed by atoms with van der Waals surface area (Å²) in [5.74, 6) is 1.12. The second-order valence-corrected chi connectivity index (χ2v) is 6.30. The van der Waals surface area contributed by atoms with E-state index in [2.05, 4.69) is 4.72 Å². The minimum absolute atomic E-state index is 0.0499. The molecule has 0 saturated carbocycles. The van der Waals surface area contributed by atoms with Crippen LogP contribution < -0.4 is 14.2 Å². The molecule has 0 aliphatic rings. The first kappa shape index (κ1) is 16.8. The second-order valence-electron chi connectivity index (χ2n) is 4.54. The molecule has 0 amide bonds. The van der Waals surface area contributed by atoms with Gasteiger partial charge in [-0.25, -0.2) is 13.1 Å². The van der Waals surface area contributed by atoms with Crippen LogP contribution in [-0.2, 0) is 10.0 Å². The van der Waals surface area contributed by atoms with Crippen molar-refractivity contribution in [1.29, 1.82) is 5.26 Å². The molecule has 1 N–H and O–H groups in total. The highest BCUT2D eigenvalue weighted by molar-refractivity contribution is 7.89. The van der Waals surface area contributed by atoms with Gasteiger partial charge in [-0.15, -0.1) is 0 Å². The number of hydrogen-bond donors (Lipinski definition) is 1. The second kappa shape index (κ2) is 7.63. The molecule has 0 atom stereocenters. The van der Waals surface area contributed by atoms with Gasteiger partial charge in [-0.3, -0.25) is 0 Å². The van der Waals surface area contributed by atoms with E-state index in [1.54, 1.807) is 24.3 Å². The molecule has 0 heterocycles. The Hall–Kier alpha value is -2.56. The van der Waals surface area contributed by atoms with Crippen molar-refractivity contribution in [3.63, 3.8) is 0 Å². The smallest absolute Gasteiger partial charge is 0.240 e.